The second-order valence-electron chi connectivity index (χ2n) is 10.9. The Morgan fingerprint density at radius 2 is 1.52 bits per heavy atom. The molecule has 0 unspecified atom stereocenters. The van der Waals surface area contributed by atoms with E-state index in [1.165, 1.54) is 41.2 Å². The fraction of sp³-hybridized carbons (Fsp3) is 0.148. The van der Waals surface area contributed by atoms with Crippen molar-refractivity contribution in [2.45, 2.75) is 20.8 Å². The van der Waals surface area contributed by atoms with E-state index in [9.17, 15) is 0 Å². The highest BCUT2D eigenvalue weighted by Crippen LogP contribution is 2.47. The van der Waals surface area contributed by atoms with Gasteiger partial charge in [0.05, 0.1) is 81.9 Å². The van der Waals surface area contributed by atoms with Gasteiger partial charge in [-0.05, 0) is 29.1 Å². The highest BCUT2D eigenvalue weighted by atomic mass is 19.1. The number of rotatable bonds is 9. The SMILES string of the molecule is [B]C([B])([B])Oc1cc(C#C)ncc1-c1c(-c2ccc(Oc3nccc(C([B])([B])[B])n3)c(F)c2)c2c(C([B])([B])[B])ncnc2n1C([B])([B])[B]. The van der Waals surface area contributed by atoms with Crippen molar-refractivity contribution in [2.75, 3.05) is 0 Å². The first kappa shape index (κ1) is 35.3. The molecule has 4 heterocycles. The number of nitrogens with zero attached hydrogens (tertiary/aromatic N) is 6. The lowest BCUT2D eigenvalue weighted by molar-refractivity contribution is 0.319. The zero-order chi connectivity index (χ0) is 35.4. The Bertz CT molecular complexity index is 2080. The maximum Gasteiger partial charge on any atom is 0.322 e. The Hall–Kier alpha value is -4.06. The quantitative estimate of drug-likeness (QED) is 0.154. The molecular formula is C27H9B12FN6O2. The summed E-state index contributed by atoms with van der Waals surface area (Å²) in [6, 6.07) is 6.17. The number of hydrogen-bond donors (Lipinski definition) is 0. The van der Waals surface area contributed by atoms with Crippen LogP contribution in [-0.4, -0.2) is 129 Å². The van der Waals surface area contributed by atoms with Crippen LogP contribution < -0.4 is 9.47 Å². The third kappa shape index (κ3) is 7.18. The number of benzene rings is 1. The molecule has 0 aliphatic rings. The van der Waals surface area contributed by atoms with Gasteiger partial charge in [0.2, 0.25) is 0 Å². The monoisotopic (exact) mass is 600 g/mol. The van der Waals surface area contributed by atoms with Crippen LogP contribution in [0.5, 0.6) is 17.5 Å². The summed E-state index contributed by atoms with van der Waals surface area (Å²) in [5.74, 6) is 1.03. The number of fused-ring (bicyclic) bond motifs is 1. The molecule has 0 atom stereocenters. The maximum atomic E-state index is 15.9. The minimum absolute atomic E-state index is 0.00750. The van der Waals surface area contributed by atoms with Crippen molar-refractivity contribution < 1.29 is 13.9 Å². The Labute approximate surface area is 292 Å². The van der Waals surface area contributed by atoms with Crippen molar-refractivity contribution in [3.05, 3.63) is 72.0 Å². The molecule has 0 amide bonds. The van der Waals surface area contributed by atoms with E-state index < -0.39 is 26.6 Å². The molecule has 24 radical (unpaired) electrons. The van der Waals surface area contributed by atoms with Crippen LogP contribution in [0.1, 0.15) is 17.1 Å². The van der Waals surface area contributed by atoms with Gasteiger partial charge in [-0.3, -0.25) is 0 Å². The van der Waals surface area contributed by atoms with E-state index in [0.717, 1.165) is 12.4 Å². The largest absolute Gasteiger partial charge is 0.515 e. The Morgan fingerprint density at radius 3 is 2.10 bits per heavy atom. The lowest BCUT2D eigenvalue weighted by Gasteiger charge is -2.30. The van der Waals surface area contributed by atoms with Crippen LogP contribution in [0.4, 0.5) is 4.39 Å². The van der Waals surface area contributed by atoms with Crippen LogP contribution in [0.3, 0.4) is 0 Å². The molecule has 0 aliphatic carbocycles. The van der Waals surface area contributed by atoms with Crippen molar-refractivity contribution in [3.8, 4) is 52.2 Å². The molecule has 0 saturated carbocycles. The van der Waals surface area contributed by atoms with E-state index in [4.69, 9.17) is 110 Å². The van der Waals surface area contributed by atoms with Gasteiger partial charge in [0.1, 0.15) is 47.0 Å². The molecule has 48 heavy (non-hydrogen) atoms. The van der Waals surface area contributed by atoms with Gasteiger partial charge >= 0.3 is 6.01 Å². The highest BCUT2D eigenvalue weighted by molar-refractivity contribution is 6.60. The van der Waals surface area contributed by atoms with Crippen LogP contribution in [0.2, 0.25) is 0 Å². The first-order valence-electron chi connectivity index (χ1n) is 13.5. The van der Waals surface area contributed by atoms with Crippen molar-refractivity contribution in [3.63, 3.8) is 0 Å². The summed E-state index contributed by atoms with van der Waals surface area (Å²) in [5, 5.41) is -8.28. The summed E-state index contributed by atoms with van der Waals surface area (Å²) >= 11 is 0. The molecule has 0 spiro atoms. The van der Waals surface area contributed by atoms with Crippen molar-refractivity contribution in [1.29, 1.82) is 0 Å². The van der Waals surface area contributed by atoms with Gasteiger partial charge in [-0.2, -0.15) is 0 Å². The second-order valence-corrected chi connectivity index (χ2v) is 10.9. The summed E-state index contributed by atoms with van der Waals surface area (Å²) in [7, 11) is 71.7. The zero-order valence-corrected chi connectivity index (χ0v) is 25.0. The first-order valence-corrected chi connectivity index (χ1v) is 13.5. The van der Waals surface area contributed by atoms with E-state index in [-0.39, 0.29) is 68.0 Å². The summed E-state index contributed by atoms with van der Waals surface area (Å²) in [5.41, 5.74) is 0.251. The van der Waals surface area contributed by atoms with E-state index >= 15 is 4.39 Å². The van der Waals surface area contributed by atoms with Gasteiger partial charge < -0.3 is 14.0 Å². The molecule has 8 nitrogen and oxygen atoms in total. The van der Waals surface area contributed by atoms with Crippen LogP contribution in [0, 0.1) is 18.2 Å². The van der Waals surface area contributed by atoms with Gasteiger partial charge in [-0.1, -0.05) is 27.4 Å². The average Bonchev–Trinajstić information content (AvgIpc) is 3.32. The third-order valence-electron chi connectivity index (χ3n) is 6.60. The van der Waals surface area contributed by atoms with Gasteiger partial charge in [0.25, 0.3) is 0 Å². The van der Waals surface area contributed by atoms with Gasteiger partial charge in [-0.15, -0.1) is 6.42 Å². The van der Waals surface area contributed by atoms with Gasteiger partial charge in [0.15, 0.2) is 11.6 Å². The van der Waals surface area contributed by atoms with Crippen molar-refractivity contribution in [1.82, 2.24) is 29.5 Å². The summed E-state index contributed by atoms with van der Waals surface area (Å²) < 4.78 is 28.3. The molecular weight excluding hydrogens is 589 g/mol. The highest BCUT2D eigenvalue weighted by Gasteiger charge is 2.33. The lowest BCUT2D eigenvalue weighted by Crippen LogP contribution is -2.38. The predicted molar refractivity (Wildman–Crippen MR) is 190 cm³/mol. The van der Waals surface area contributed by atoms with Crippen LogP contribution >= 0.6 is 0 Å². The molecule has 202 valence electrons. The zero-order valence-electron chi connectivity index (χ0n) is 25.0. The predicted octanol–water partition coefficient (Wildman–Crippen LogP) is -1.34. The van der Waals surface area contributed by atoms with E-state index in [2.05, 4.69) is 30.8 Å². The Kier molecular flexibility index (Phi) is 9.13. The fourth-order valence-electron chi connectivity index (χ4n) is 4.79. The molecule has 0 bridgehead atoms. The Balaban J connectivity index is 1.84. The topological polar surface area (TPSA) is 87.8 Å². The van der Waals surface area contributed by atoms with E-state index in [0.29, 0.717) is 0 Å². The molecule has 0 saturated heterocycles. The minimum atomic E-state index is -2.22. The normalized spacial score (nSPS) is 12.4. The maximum absolute atomic E-state index is 15.9. The van der Waals surface area contributed by atoms with Crippen molar-refractivity contribution in [2.24, 2.45) is 0 Å². The molecule has 1 aromatic carbocycles. The van der Waals surface area contributed by atoms with Crippen molar-refractivity contribution >= 4 is 105 Å². The van der Waals surface area contributed by atoms with Crippen LogP contribution in [-0.2, 0) is 15.5 Å². The average molecular weight is 598 g/mol. The number of halogens is 1. The number of terminal acetylenes is 1. The second kappa shape index (κ2) is 12.4. The van der Waals surface area contributed by atoms with Gasteiger partial charge in [-0.25, -0.2) is 29.3 Å². The molecule has 21 heteroatoms. The summed E-state index contributed by atoms with van der Waals surface area (Å²) in [6.45, 7) is 0. The molecule has 0 aliphatic heterocycles. The number of aromatic nitrogens is 6. The van der Waals surface area contributed by atoms with E-state index in [1.54, 1.807) is 0 Å². The fourth-order valence-corrected chi connectivity index (χ4v) is 4.79. The molecule has 0 N–H and O–H groups in total. The number of ether oxygens (including phenoxy) is 2. The van der Waals surface area contributed by atoms with Crippen LogP contribution in [0.15, 0.2) is 49.1 Å². The number of hydrogen-bond acceptors (Lipinski definition) is 7. The summed E-state index contributed by atoms with van der Waals surface area (Å²) in [6.07, 6.45) is 9.22. The lowest BCUT2D eigenvalue weighted by atomic mass is 9.41. The molecule has 5 aromatic rings. The Morgan fingerprint density at radius 1 is 0.812 bits per heavy atom. The van der Waals surface area contributed by atoms with Gasteiger partial charge in [0, 0.05) is 40.8 Å². The summed E-state index contributed by atoms with van der Waals surface area (Å²) in [4.78, 5) is 20.8. The van der Waals surface area contributed by atoms with Crippen LogP contribution in [0.25, 0.3) is 33.4 Å². The standard InChI is InChI=1S/C27H9B12FN6O2/c1-2-12-8-16(48-27(37,38)39)13(9-42-12)20-18(19-21(25(31,32)33)43-10-44-22(19)46(20)26(34,35)36)11-3-4-15(14(40)7-11)47-23-41-6-5-17(45-23)24(28,29)30/h1,3-10H. The minimum Gasteiger partial charge on any atom is -0.515 e. The van der Waals surface area contributed by atoms with E-state index in [1.807, 2.05) is 0 Å². The molecule has 5 rings (SSSR count). The number of pyridine rings is 1. The smallest absolute Gasteiger partial charge is 0.322 e. The first-order chi connectivity index (χ1) is 22.2. The molecule has 0 fully saturated rings. The third-order valence-corrected chi connectivity index (χ3v) is 6.60. The molecule has 4 aromatic heterocycles.